The molecule has 6 heteroatoms. The second-order valence-electron chi connectivity index (χ2n) is 6.03. The zero-order chi connectivity index (χ0) is 16.1. The predicted molar refractivity (Wildman–Crippen MR) is 87.0 cm³/mol. The van der Waals surface area contributed by atoms with Crippen LogP contribution in [0.1, 0.15) is 19.4 Å². The van der Waals surface area contributed by atoms with Gasteiger partial charge in [0, 0.05) is 12.1 Å². The van der Waals surface area contributed by atoms with E-state index in [2.05, 4.69) is 10.0 Å². The Bertz CT molecular complexity index is 537. The molecule has 0 aromatic heterocycles. The van der Waals surface area contributed by atoms with Crippen LogP contribution in [0.5, 0.6) is 0 Å². The fourth-order valence-electron chi connectivity index (χ4n) is 1.62. The second kappa shape index (κ2) is 7.35. The Morgan fingerprint density at radius 3 is 2.19 bits per heavy atom. The fraction of sp³-hybridized carbons (Fsp3) is 0.600. The first-order chi connectivity index (χ1) is 9.69. The maximum atomic E-state index is 12.3. The Labute approximate surface area is 128 Å². The summed E-state index contributed by atoms with van der Waals surface area (Å²) in [6, 6.07) is 7.05. The molecule has 0 radical (unpaired) electrons. The molecule has 0 bridgehead atoms. The van der Waals surface area contributed by atoms with Crippen molar-refractivity contribution in [3.8, 4) is 0 Å². The van der Waals surface area contributed by atoms with Crippen molar-refractivity contribution in [1.29, 1.82) is 0 Å². The van der Waals surface area contributed by atoms with Gasteiger partial charge in [-0.1, -0.05) is 12.1 Å². The van der Waals surface area contributed by atoms with Crippen molar-refractivity contribution in [2.24, 2.45) is 0 Å². The van der Waals surface area contributed by atoms with Crippen LogP contribution in [0, 0.1) is 0 Å². The highest BCUT2D eigenvalue weighted by atomic mass is 32.2. The van der Waals surface area contributed by atoms with Gasteiger partial charge in [-0.15, -0.1) is 0 Å². The SMILES string of the molecule is CNCCc1ccc(S(=O)(=O)NCC(C)(C)N(C)C)cc1. The third kappa shape index (κ3) is 5.39. The molecule has 2 N–H and O–H groups in total. The van der Waals surface area contributed by atoms with Crippen LogP contribution in [-0.2, 0) is 16.4 Å². The van der Waals surface area contributed by atoms with Gasteiger partial charge in [0.1, 0.15) is 0 Å². The molecule has 0 saturated carbocycles. The van der Waals surface area contributed by atoms with Crippen molar-refractivity contribution in [3.63, 3.8) is 0 Å². The molecule has 21 heavy (non-hydrogen) atoms. The molecule has 120 valence electrons. The number of benzene rings is 1. The van der Waals surface area contributed by atoms with Gasteiger partial charge in [-0.3, -0.25) is 0 Å². The van der Waals surface area contributed by atoms with Gasteiger partial charge < -0.3 is 10.2 Å². The van der Waals surface area contributed by atoms with Crippen molar-refractivity contribution < 1.29 is 8.42 Å². The minimum atomic E-state index is -3.46. The summed E-state index contributed by atoms with van der Waals surface area (Å²) in [5.74, 6) is 0. The van der Waals surface area contributed by atoms with Gasteiger partial charge in [0.25, 0.3) is 0 Å². The molecule has 0 spiro atoms. The number of rotatable bonds is 8. The maximum Gasteiger partial charge on any atom is 0.240 e. The summed E-state index contributed by atoms with van der Waals surface area (Å²) in [6.45, 7) is 5.23. The Kier molecular flexibility index (Phi) is 6.34. The molecule has 0 atom stereocenters. The van der Waals surface area contributed by atoms with E-state index >= 15 is 0 Å². The van der Waals surface area contributed by atoms with Crippen molar-refractivity contribution >= 4 is 10.0 Å². The van der Waals surface area contributed by atoms with E-state index in [1.54, 1.807) is 12.1 Å². The number of nitrogens with one attached hydrogen (secondary N) is 2. The van der Waals surface area contributed by atoms with Crippen LogP contribution in [0.15, 0.2) is 29.2 Å². The molecule has 0 saturated heterocycles. The van der Waals surface area contributed by atoms with Crippen molar-refractivity contribution in [1.82, 2.24) is 14.9 Å². The quantitative estimate of drug-likeness (QED) is 0.753. The van der Waals surface area contributed by atoms with Gasteiger partial charge in [0.2, 0.25) is 10.0 Å². The van der Waals surface area contributed by atoms with E-state index in [1.807, 2.05) is 52.0 Å². The third-order valence-corrected chi connectivity index (χ3v) is 5.22. The fourth-order valence-corrected chi connectivity index (χ4v) is 2.82. The first-order valence-corrected chi connectivity index (χ1v) is 8.58. The van der Waals surface area contributed by atoms with E-state index in [1.165, 1.54) is 0 Å². The summed E-state index contributed by atoms with van der Waals surface area (Å²) in [6.07, 6.45) is 0.887. The first kappa shape index (κ1) is 18.1. The van der Waals surface area contributed by atoms with Crippen LogP contribution >= 0.6 is 0 Å². The lowest BCUT2D eigenvalue weighted by Gasteiger charge is -2.32. The Hall–Kier alpha value is -0.950. The summed E-state index contributed by atoms with van der Waals surface area (Å²) >= 11 is 0. The summed E-state index contributed by atoms with van der Waals surface area (Å²) in [7, 11) is 2.31. The molecule has 5 nitrogen and oxygen atoms in total. The van der Waals surface area contributed by atoms with Crippen LogP contribution in [0.3, 0.4) is 0 Å². The number of nitrogens with zero attached hydrogens (tertiary/aromatic N) is 1. The standard InChI is InChI=1S/C15H27N3O2S/c1-15(2,18(4)5)12-17-21(19,20)14-8-6-13(7-9-14)10-11-16-3/h6-9,16-17H,10-12H2,1-5H3. The highest BCUT2D eigenvalue weighted by molar-refractivity contribution is 7.89. The average Bonchev–Trinajstić information content (AvgIpc) is 2.43. The summed E-state index contributed by atoms with van der Waals surface area (Å²) < 4.78 is 27.2. The van der Waals surface area contributed by atoms with Gasteiger partial charge in [0.15, 0.2) is 0 Å². The lowest BCUT2D eigenvalue weighted by molar-refractivity contribution is 0.199. The lowest BCUT2D eigenvalue weighted by Crippen LogP contribution is -2.48. The highest BCUT2D eigenvalue weighted by Gasteiger charge is 2.24. The monoisotopic (exact) mass is 313 g/mol. The van der Waals surface area contributed by atoms with E-state index in [0.717, 1.165) is 18.5 Å². The normalized spacial score (nSPS) is 12.9. The first-order valence-electron chi connectivity index (χ1n) is 7.10. The van der Waals surface area contributed by atoms with Crippen molar-refractivity contribution in [3.05, 3.63) is 29.8 Å². The van der Waals surface area contributed by atoms with E-state index < -0.39 is 10.0 Å². The zero-order valence-electron chi connectivity index (χ0n) is 13.6. The minimum absolute atomic E-state index is 0.236. The smallest absolute Gasteiger partial charge is 0.240 e. The Morgan fingerprint density at radius 1 is 1.14 bits per heavy atom. The van der Waals surface area contributed by atoms with Crippen molar-refractivity contribution in [2.75, 3.05) is 34.2 Å². The van der Waals surface area contributed by atoms with Crippen LogP contribution in [0.2, 0.25) is 0 Å². The van der Waals surface area contributed by atoms with Crippen LogP contribution in [-0.4, -0.2) is 53.1 Å². The van der Waals surface area contributed by atoms with Crippen LogP contribution in [0.4, 0.5) is 0 Å². The predicted octanol–water partition coefficient (Wildman–Crippen LogP) is 1.07. The largest absolute Gasteiger partial charge is 0.319 e. The Morgan fingerprint density at radius 2 is 1.71 bits per heavy atom. The van der Waals surface area contributed by atoms with Gasteiger partial charge in [-0.2, -0.15) is 0 Å². The topological polar surface area (TPSA) is 61.4 Å². The average molecular weight is 313 g/mol. The van der Waals surface area contributed by atoms with E-state index in [9.17, 15) is 8.42 Å². The maximum absolute atomic E-state index is 12.3. The molecule has 0 unspecified atom stereocenters. The molecule has 1 aromatic rings. The number of likely N-dealkylation sites (N-methyl/N-ethyl adjacent to an activating group) is 2. The van der Waals surface area contributed by atoms with Gasteiger partial charge in [-0.25, -0.2) is 13.1 Å². The molecule has 0 amide bonds. The molecule has 0 aliphatic rings. The molecule has 1 aromatic carbocycles. The Balaban J connectivity index is 2.74. The van der Waals surface area contributed by atoms with E-state index in [4.69, 9.17) is 0 Å². The number of sulfonamides is 1. The van der Waals surface area contributed by atoms with Gasteiger partial charge >= 0.3 is 0 Å². The number of hydrogen-bond donors (Lipinski definition) is 2. The summed E-state index contributed by atoms with van der Waals surface area (Å²) in [4.78, 5) is 2.31. The molecule has 1 rings (SSSR count). The second-order valence-corrected chi connectivity index (χ2v) is 7.80. The molecular weight excluding hydrogens is 286 g/mol. The molecule has 0 aliphatic carbocycles. The molecular formula is C15H27N3O2S. The van der Waals surface area contributed by atoms with Crippen LogP contribution < -0.4 is 10.0 Å². The highest BCUT2D eigenvalue weighted by Crippen LogP contribution is 2.13. The summed E-state index contributed by atoms with van der Waals surface area (Å²) in [5.41, 5.74) is 0.886. The van der Waals surface area contributed by atoms with Gasteiger partial charge in [0.05, 0.1) is 4.90 Å². The van der Waals surface area contributed by atoms with Crippen LogP contribution in [0.25, 0.3) is 0 Å². The summed E-state index contributed by atoms with van der Waals surface area (Å²) in [5, 5.41) is 3.07. The van der Waals surface area contributed by atoms with Gasteiger partial charge in [-0.05, 0) is 65.7 Å². The van der Waals surface area contributed by atoms with E-state index in [0.29, 0.717) is 11.4 Å². The van der Waals surface area contributed by atoms with E-state index in [-0.39, 0.29) is 5.54 Å². The minimum Gasteiger partial charge on any atom is -0.319 e. The third-order valence-electron chi connectivity index (χ3n) is 3.80. The molecule has 0 heterocycles. The molecule has 0 fully saturated rings. The van der Waals surface area contributed by atoms with Crippen molar-refractivity contribution in [2.45, 2.75) is 30.7 Å². The lowest BCUT2D eigenvalue weighted by atomic mass is 10.1. The molecule has 0 aliphatic heterocycles. The number of hydrogen-bond acceptors (Lipinski definition) is 4. The zero-order valence-corrected chi connectivity index (χ0v) is 14.4.